The van der Waals surface area contributed by atoms with Crippen LogP contribution in [-0.4, -0.2) is 73.2 Å². The van der Waals surface area contributed by atoms with Crippen LogP contribution in [0, 0.1) is 5.92 Å². The number of carboxylic acid groups (broad SMARTS) is 1. The van der Waals surface area contributed by atoms with Gasteiger partial charge in [-0.05, 0) is 61.0 Å². The molecule has 10 nitrogen and oxygen atoms in total. The zero-order valence-electron chi connectivity index (χ0n) is 28.7. The highest BCUT2D eigenvalue weighted by atomic mass is 28.4. The van der Waals surface area contributed by atoms with Crippen molar-refractivity contribution in [1.29, 1.82) is 0 Å². The van der Waals surface area contributed by atoms with Crippen LogP contribution >= 0.6 is 0 Å². The maximum Gasteiger partial charge on any atom is 0.411 e. The van der Waals surface area contributed by atoms with Crippen molar-refractivity contribution in [3.63, 3.8) is 0 Å². The van der Waals surface area contributed by atoms with E-state index in [9.17, 15) is 19.5 Å². The summed E-state index contributed by atoms with van der Waals surface area (Å²) in [4.78, 5) is 39.0. The first-order valence-electron chi connectivity index (χ1n) is 16.1. The van der Waals surface area contributed by atoms with Gasteiger partial charge in [0, 0.05) is 19.5 Å². The first kappa shape index (κ1) is 37.6. The van der Waals surface area contributed by atoms with Crippen LogP contribution in [0.15, 0.2) is 24.3 Å². The highest BCUT2D eigenvalue weighted by Gasteiger charge is 2.47. The van der Waals surface area contributed by atoms with Gasteiger partial charge in [-0.2, -0.15) is 0 Å². The molecule has 1 saturated heterocycles. The molecule has 4 N–H and O–H groups in total. The Labute approximate surface area is 265 Å². The summed E-state index contributed by atoms with van der Waals surface area (Å²) in [6.07, 6.45) is -0.648. The van der Waals surface area contributed by atoms with E-state index in [4.69, 9.17) is 19.6 Å². The topological polar surface area (TPSA) is 140 Å². The van der Waals surface area contributed by atoms with Crippen LogP contribution in [0.25, 0.3) is 0 Å². The predicted octanol–water partition coefficient (Wildman–Crippen LogP) is 6.25. The van der Waals surface area contributed by atoms with Gasteiger partial charge in [0.25, 0.3) is 0 Å². The molecule has 1 fully saturated rings. The Kier molecular flexibility index (Phi) is 13.3. The van der Waals surface area contributed by atoms with Crippen LogP contribution in [-0.2, 0) is 18.8 Å². The zero-order valence-corrected chi connectivity index (χ0v) is 29.7. The predicted molar refractivity (Wildman–Crippen MR) is 175 cm³/mol. The van der Waals surface area contributed by atoms with E-state index in [2.05, 4.69) is 46.9 Å². The first-order valence-corrected chi connectivity index (χ1v) is 18.2. The van der Waals surface area contributed by atoms with Crippen molar-refractivity contribution in [2.75, 3.05) is 13.1 Å². The second kappa shape index (κ2) is 15.6. The summed E-state index contributed by atoms with van der Waals surface area (Å²) in [6.45, 7) is 23.0. The van der Waals surface area contributed by atoms with E-state index < -0.39 is 50.3 Å². The standard InChI is InChI=1S/C33H57N3O7Si/c1-12-23(8)28(34)30(37)35-19-27(43-44(20(2)3,21(4)5)22(6)7)24-13-15-25(16-14-24)41-26-17-18-36(29(26)31(38)39)32(40)42-33(9,10)11/h13-16,20-23,26-29H,12,17-19,34H2,1-11H3,(H,35,37)(H,38,39)/t23-,26+,27?,28-,29-/m0/s1. The lowest BCUT2D eigenvalue weighted by atomic mass is 9.99. The molecular weight excluding hydrogens is 578 g/mol. The molecule has 2 amide bonds. The second-order valence-corrected chi connectivity index (χ2v) is 19.5. The molecule has 250 valence electrons. The molecule has 1 aromatic rings. The Hall–Kier alpha value is -2.63. The quantitative estimate of drug-likeness (QED) is 0.204. The molecule has 1 aliphatic rings. The molecule has 0 aromatic heterocycles. The second-order valence-electron chi connectivity index (χ2n) is 14.1. The largest absolute Gasteiger partial charge is 0.488 e. The van der Waals surface area contributed by atoms with Gasteiger partial charge >= 0.3 is 12.1 Å². The van der Waals surface area contributed by atoms with E-state index in [0.717, 1.165) is 12.0 Å². The van der Waals surface area contributed by atoms with Crippen molar-refractivity contribution in [3.8, 4) is 5.75 Å². The van der Waals surface area contributed by atoms with Gasteiger partial charge < -0.3 is 30.1 Å². The Morgan fingerprint density at radius 2 is 1.57 bits per heavy atom. The minimum atomic E-state index is -2.33. The van der Waals surface area contributed by atoms with Gasteiger partial charge in [0.1, 0.15) is 17.5 Å². The summed E-state index contributed by atoms with van der Waals surface area (Å²) in [5.41, 5.74) is 7.38. The van der Waals surface area contributed by atoms with Crippen molar-refractivity contribution < 1.29 is 33.4 Å². The Morgan fingerprint density at radius 1 is 1.02 bits per heavy atom. The number of benzene rings is 1. The smallest absolute Gasteiger partial charge is 0.411 e. The molecule has 1 aromatic carbocycles. The van der Waals surface area contributed by atoms with Crippen LogP contribution in [0.1, 0.15) is 101 Å². The van der Waals surface area contributed by atoms with Gasteiger partial charge in [0.15, 0.2) is 6.04 Å². The molecule has 0 radical (unpaired) electrons. The van der Waals surface area contributed by atoms with Gasteiger partial charge in [0.05, 0.1) is 12.1 Å². The minimum absolute atomic E-state index is 0.0534. The molecule has 11 heteroatoms. The van der Waals surface area contributed by atoms with Crippen LogP contribution in [0.5, 0.6) is 5.75 Å². The highest BCUT2D eigenvalue weighted by molar-refractivity contribution is 6.77. The van der Waals surface area contributed by atoms with E-state index in [0.29, 0.717) is 28.8 Å². The lowest BCUT2D eigenvalue weighted by molar-refractivity contribution is -0.144. The molecule has 2 rings (SSSR count). The van der Waals surface area contributed by atoms with Crippen LogP contribution in [0.4, 0.5) is 4.79 Å². The molecule has 1 heterocycles. The van der Waals surface area contributed by atoms with Crippen molar-refractivity contribution in [2.24, 2.45) is 11.7 Å². The van der Waals surface area contributed by atoms with Gasteiger partial charge in [0.2, 0.25) is 14.2 Å². The molecule has 5 atom stereocenters. The number of carboxylic acids is 1. The number of nitrogens with zero attached hydrogens (tertiary/aromatic N) is 1. The molecule has 0 aliphatic carbocycles. The first-order chi connectivity index (χ1) is 20.3. The summed E-state index contributed by atoms with van der Waals surface area (Å²) in [5.74, 6) is -0.808. The molecule has 0 spiro atoms. The van der Waals surface area contributed by atoms with Crippen molar-refractivity contribution >= 4 is 26.3 Å². The number of aliphatic carboxylic acids is 1. The zero-order chi connectivity index (χ0) is 33.6. The summed E-state index contributed by atoms with van der Waals surface area (Å²) >= 11 is 0. The van der Waals surface area contributed by atoms with E-state index in [1.165, 1.54) is 4.90 Å². The van der Waals surface area contributed by atoms with Gasteiger partial charge in [-0.1, -0.05) is 73.9 Å². The van der Waals surface area contributed by atoms with Crippen LogP contribution < -0.4 is 15.8 Å². The van der Waals surface area contributed by atoms with Gasteiger partial charge in [-0.25, -0.2) is 9.59 Å². The minimum Gasteiger partial charge on any atom is -0.488 e. The van der Waals surface area contributed by atoms with E-state index in [1.54, 1.807) is 32.9 Å². The number of rotatable bonds is 14. The normalized spacial score (nSPS) is 19.7. The van der Waals surface area contributed by atoms with E-state index in [1.807, 2.05) is 26.0 Å². The highest BCUT2D eigenvalue weighted by Crippen LogP contribution is 2.45. The fourth-order valence-electron chi connectivity index (χ4n) is 6.35. The third-order valence-electron chi connectivity index (χ3n) is 8.84. The Balaban J connectivity index is 2.33. The summed E-state index contributed by atoms with van der Waals surface area (Å²) in [7, 11) is -2.33. The van der Waals surface area contributed by atoms with Crippen molar-refractivity contribution in [1.82, 2.24) is 10.2 Å². The molecule has 1 unspecified atom stereocenters. The number of likely N-dealkylation sites (tertiary alicyclic amines) is 1. The molecule has 1 aliphatic heterocycles. The van der Waals surface area contributed by atoms with Crippen molar-refractivity contribution in [3.05, 3.63) is 29.8 Å². The SMILES string of the molecule is CC[C@H](C)[C@H](N)C(=O)NCC(O[Si](C(C)C)(C(C)C)C(C)C)c1ccc(O[C@@H]2CCN(C(=O)OC(C)(C)C)[C@@H]2C(=O)O)cc1. The Bertz CT molecular complexity index is 1080. The monoisotopic (exact) mass is 635 g/mol. The third kappa shape index (κ3) is 9.20. The molecule has 0 bridgehead atoms. The average Bonchev–Trinajstić information content (AvgIpc) is 3.35. The van der Waals surface area contributed by atoms with E-state index >= 15 is 0 Å². The summed E-state index contributed by atoms with van der Waals surface area (Å²) < 4.78 is 18.7. The number of hydrogen-bond donors (Lipinski definition) is 3. The third-order valence-corrected chi connectivity index (χ3v) is 14.9. The number of ether oxygens (including phenoxy) is 2. The maximum absolute atomic E-state index is 12.9. The number of carbonyl (C=O) groups excluding carboxylic acids is 2. The van der Waals surface area contributed by atoms with Crippen molar-refractivity contribution in [2.45, 2.75) is 136 Å². The van der Waals surface area contributed by atoms with Crippen LogP contribution in [0.3, 0.4) is 0 Å². The number of nitrogens with two attached hydrogens (primary N) is 1. The van der Waals surface area contributed by atoms with Crippen LogP contribution in [0.2, 0.25) is 16.6 Å². The molecule has 0 saturated carbocycles. The maximum atomic E-state index is 12.9. The van der Waals surface area contributed by atoms with E-state index in [-0.39, 0.29) is 24.9 Å². The molecule has 44 heavy (non-hydrogen) atoms. The summed E-state index contributed by atoms with van der Waals surface area (Å²) in [6, 6.07) is 5.61. The molecular formula is C33H57N3O7Si. The average molecular weight is 636 g/mol. The lowest BCUT2D eigenvalue weighted by Crippen LogP contribution is -2.51. The fraction of sp³-hybridized carbons (Fsp3) is 0.727. The summed E-state index contributed by atoms with van der Waals surface area (Å²) in [5, 5.41) is 13.0. The fourth-order valence-corrected chi connectivity index (χ4v) is 11.9. The number of amides is 2. The number of nitrogens with one attached hydrogen (secondary N) is 1. The Morgan fingerprint density at radius 3 is 2.02 bits per heavy atom. The number of carbonyl (C=O) groups is 3. The lowest BCUT2D eigenvalue weighted by Gasteiger charge is -2.45. The van der Waals surface area contributed by atoms with Gasteiger partial charge in [-0.15, -0.1) is 0 Å². The van der Waals surface area contributed by atoms with Gasteiger partial charge in [-0.3, -0.25) is 9.69 Å². The number of hydrogen-bond acceptors (Lipinski definition) is 7.